The number of hydrogen-bond acceptors (Lipinski definition) is 6. The first kappa shape index (κ1) is 19.0. The van der Waals surface area contributed by atoms with Crippen LogP contribution in [0.4, 0.5) is 0 Å². The fourth-order valence-electron chi connectivity index (χ4n) is 3.41. The standard InChI is InChI=1S/C18H20N4O4S/c1-3-22-16(13-4-6-14(7-5-13)27(19,25)26)15(12-8-10-20-11-9-12)17(18(23)24)21(22)2/h4-11,16H,3H2,1-2H3,(H,23,24)(H2,19,25,26). The van der Waals surface area contributed by atoms with Crippen molar-refractivity contribution < 1.29 is 18.3 Å². The van der Waals surface area contributed by atoms with Crippen LogP contribution in [0.25, 0.3) is 5.57 Å². The van der Waals surface area contributed by atoms with E-state index in [0.717, 1.165) is 11.1 Å². The third kappa shape index (κ3) is 3.44. The van der Waals surface area contributed by atoms with Gasteiger partial charge in [-0.1, -0.05) is 19.1 Å². The second-order valence-electron chi connectivity index (χ2n) is 6.10. The summed E-state index contributed by atoms with van der Waals surface area (Å²) in [6.07, 6.45) is 3.22. The highest BCUT2D eigenvalue weighted by molar-refractivity contribution is 7.89. The number of carbonyl (C=O) groups is 1. The summed E-state index contributed by atoms with van der Waals surface area (Å²) in [6.45, 7) is 2.49. The summed E-state index contributed by atoms with van der Waals surface area (Å²) in [4.78, 5) is 16.0. The minimum absolute atomic E-state index is 0.00792. The first-order valence-corrected chi connectivity index (χ1v) is 9.81. The monoisotopic (exact) mass is 388 g/mol. The van der Waals surface area contributed by atoms with Crippen molar-refractivity contribution in [3.8, 4) is 0 Å². The number of pyridine rings is 1. The van der Waals surface area contributed by atoms with Crippen molar-refractivity contribution >= 4 is 21.6 Å². The molecule has 0 bridgehead atoms. The van der Waals surface area contributed by atoms with Crippen LogP contribution in [0, 0.1) is 0 Å². The predicted molar refractivity (Wildman–Crippen MR) is 99.5 cm³/mol. The Morgan fingerprint density at radius 3 is 2.26 bits per heavy atom. The smallest absolute Gasteiger partial charge is 0.353 e. The predicted octanol–water partition coefficient (Wildman–Crippen LogP) is 1.45. The van der Waals surface area contributed by atoms with Gasteiger partial charge in [0.25, 0.3) is 0 Å². The van der Waals surface area contributed by atoms with Gasteiger partial charge in [-0.3, -0.25) is 4.98 Å². The zero-order valence-corrected chi connectivity index (χ0v) is 15.7. The molecule has 27 heavy (non-hydrogen) atoms. The Morgan fingerprint density at radius 1 is 1.19 bits per heavy atom. The van der Waals surface area contributed by atoms with Crippen LogP contribution in [0.5, 0.6) is 0 Å². The first-order chi connectivity index (χ1) is 12.8. The Balaban J connectivity index is 2.19. The molecule has 0 fully saturated rings. The summed E-state index contributed by atoms with van der Waals surface area (Å²) in [7, 11) is -2.10. The molecule has 1 aliphatic rings. The zero-order chi connectivity index (χ0) is 19.8. The number of carboxylic acids is 1. The molecule has 1 aliphatic heterocycles. The van der Waals surface area contributed by atoms with Gasteiger partial charge < -0.3 is 10.1 Å². The fourth-order valence-corrected chi connectivity index (χ4v) is 3.92. The van der Waals surface area contributed by atoms with Crippen molar-refractivity contribution in [2.75, 3.05) is 13.6 Å². The molecule has 1 aromatic heterocycles. The Bertz CT molecular complexity index is 988. The number of nitrogens with zero attached hydrogens (tertiary/aromatic N) is 3. The number of hydrazine groups is 1. The second kappa shape index (κ2) is 7.10. The molecular weight excluding hydrogens is 368 g/mol. The van der Waals surface area contributed by atoms with Crippen LogP contribution < -0.4 is 5.14 Å². The lowest BCUT2D eigenvalue weighted by Gasteiger charge is -2.31. The van der Waals surface area contributed by atoms with Gasteiger partial charge >= 0.3 is 5.97 Å². The lowest BCUT2D eigenvalue weighted by atomic mass is 9.92. The van der Waals surface area contributed by atoms with Gasteiger partial charge in [-0.2, -0.15) is 0 Å². The SMILES string of the molecule is CCN1C(c2ccc(S(N)(=O)=O)cc2)C(c2ccncc2)=C(C(=O)O)N1C. The number of hydrogen-bond donors (Lipinski definition) is 2. The number of nitrogens with two attached hydrogens (primary N) is 1. The molecule has 9 heteroatoms. The maximum atomic E-state index is 12.0. The summed E-state index contributed by atoms with van der Waals surface area (Å²) in [6, 6.07) is 9.32. The number of primary sulfonamides is 1. The molecule has 3 rings (SSSR count). The average Bonchev–Trinajstić information content (AvgIpc) is 2.94. The third-order valence-corrected chi connectivity index (χ3v) is 5.51. The van der Waals surface area contributed by atoms with E-state index in [0.29, 0.717) is 12.1 Å². The van der Waals surface area contributed by atoms with Gasteiger partial charge in [-0.15, -0.1) is 0 Å². The molecule has 0 saturated carbocycles. The molecule has 0 spiro atoms. The maximum Gasteiger partial charge on any atom is 0.353 e. The van der Waals surface area contributed by atoms with E-state index in [4.69, 9.17) is 5.14 Å². The van der Waals surface area contributed by atoms with E-state index in [-0.39, 0.29) is 16.6 Å². The van der Waals surface area contributed by atoms with Crippen molar-refractivity contribution in [1.82, 2.24) is 15.0 Å². The normalized spacial score (nSPS) is 18.2. The molecule has 3 N–H and O–H groups in total. The van der Waals surface area contributed by atoms with E-state index in [1.165, 1.54) is 12.1 Å². The van der Waals surface area contributed by atoms with E-state index < -0.39 is 16.0 Å². The van der Waals surface area contributed by atoms with Crippen molar-refractivity contribution in [2.24, 2.45) is 5.14 Å². The molecule has 0 aliphatic carbocycles. The Morgan fingerprint density at radius 2 is 1.78 bits per heavy atom. The average molecular weight is 388 g/mol. The van der Waals surface area contributed by atoms with Crippen molar-refractivity contribution in [1.29, 1.82) is 0 Å². The number of likely N-dealkylation sites (N-methyl/N-ethyl adjacent to an activating group) is 2. The molecule has 0 saturated heterocycles. The number of aromatic nitrogens is 1. The Hall–Kier alpha value is -2.75. The van der Waals surface area contributed by atoms with E-state index in [9.17, 15) is 18.3 Å². The molecular formula is C18H20N4O4S. The van der Waals surface area contributed by atoms with Crippen LogP contribution in [-0.2, 0) is 14.8 Å². The van der Waals surface area contributed by atoms with Gasteiger partial charge in [-0.05, 0) is 35.4 Å². The van der Waals surface area contributed by atoms with E-state index in [2.05, 4.69) is 4.98 Å². The van der Waals surface area contributed by atoms with Gasteiger partial charge in [-0.25, -0.2) is 23.4 Å². The number of aliphatic carboxylic acids is 1. The van der Waals surface area contributed by atoms with Crippen LogP contribution in [0.1, 0.15) is 24.1 Å². The fraction of sp³-hybridized carbons (Fsp3) is 0.222. The molecule has 142 valence electrons. The van der Waals surface area contributed by atoms with Crippen molar-refractivity contribution in [3.05, 3.63) is 65.6 Å². The van der Waals surface area contributed by atoms with Crippen LogP contribution in [-0.4, -0.2) is 48.1 Å². The van der Waals surface area contributed by atoms with E-state index in [1.807, 2.05) is 11.9 Å². The number of benzene rings is 1. The van der Waals surface area contributed by atoms with Crippen LogP contribution in [0.15, 0.2) is 59.4 Å². The summed E-state index contributed by atoms with van der Waals surface area (Å²) in [5.41, 5.74) is 2.30. The van der Waals surface area contributed by atoms with Gasteiger partial charge in [0.15, 0.2) is 0 Å². The van der Waals surface area contributed by atoms with E-state index in [1.54, 1.807) is 48.7 Å². The number of rotatable bonds is 5. The highest BCUT2D eigenvalue weighted by Crippen LogP contribution is 2.44. The van der Waals surface area contributed by atoms with Gasteiger partial charge in [0.1, 0.15) is 5.70 Å². The Kier molecular flexibility index (Phi) is 5.01. The number of sulfonamides is 1. The molecule has 8 nitrogen and oxygen atoms in total. The van der Waals surface area contributed by atoms with E-state index >= 15 is 0 Å². The first-order valence-electron chi connectivity index (χ1n) is 8.26. The zero-order valence-electron chi connectivity index (χ0n) is 14.9. The van der Waals surface area contributed by atoms with Crippen LogP contribution in [0.3, 0.4) is 0 Å². The lowest BCUT2D eigenvalue weighted by Crippen LogP contribution is -2.37. The molecule has 2 aromatic rings. The van der Waals surface area contributed by atoms with Crippen LogP contribution >= 0.6 is 0 Å². The maximum absolute atomic E-state index is 12.0. The van der Waals surface area contributed by atoms with Gasteiger partial charge in [0.2, 0.25) is 10.0 Å². The van der Waals surface area contributed by atoms with Gasteiger partial charge in [0.05, 0.1) is 10.9 Å². The summed E-state index contributed by atoms with van der Waals surface area (Å²) in [5, 5.41) is 18.5. The van der Waals surface area contributed by atoms with Crippen molar-refractivity contribution in [2.45, 2.75) is 17.9 Å². The molecule has 1 aromatic carbocycles. The third-order valence-electron chi connectivity index (χ3n) is 4.58. The summed E-state index contributed by atoms with van der Waals surface area (Å²) >= 11 is 0. The molecule has 0 amide bonds. The molecule has 2 heterocycles. The number of carboxylic acid groups (broad SMARTS) is 1. The second-order valence-corrected chi connectivity index (χ2v) is 7.66. The summed E-state index contributed by atoms with van der Waals surface area (Å²) in [5.74, 6) is -1.04. The Labute approximate surface area is 157 Å². The largest absolute Gasteiger partial charge is 0.477 e. The van der Waals surface area contributed by atoms with Gasteiger partial charge in [0, 0.05) is 31.6 Å². The quantitative estimate of drug-likeness (QED) is 0.796. The minimum Gasteiger partial charge on any atom is -0.477 e. The highest BCUT2D eigenvalue weighted by Gasteiger charge is 2.40. The minimum atomic E-state index is -3.80. The lowest BCUT2D eigenvalue weighted by molar-refractivity contribution is -0.136. The van der Waals surface area contributed by atoms with Crippen LogP contribution in [0.2, 0.25) is 0 Å². The highest BCUT2D eigenvalue weighted by atomic mass is 32.2. The topological polar surface area (TPSA) is 117 Å². The summed E-state index contributed by atoms with van der Waals surface area (Å²) < 4.78 is 23.1. The molecule has 1 unspecified atom stereocenters. The molecule has 0 radical (unpaired) electrons. The molecule has 1 atom stereocenters. The van der Waals surface area contributed by atoms with Crippen molar-refractivity contribution in [3.63, 3.8) is 0 Å².